The summed E-state index contributed by atoms with van der Waals surface area (Å²) in [5.41, 5.74) is 2.60. The van der Waals surface area contributed by atoms with Crippen molar-refractivity contribution in [3.63, 3.8) is 0 Å². The molecule has 1 aliphatic rings. The van der Waals surface area contributed by atoms with Crippen LogP contribution in [0.2, 0.25) is 12.6 Å². The van der Waals surface area contributed by atoms with E-state index in [1.165, 1.54) is 0 Å². The monoisotopic (exact) mass is 221 g/mol. The summed E-state index contributed by atoms with van der Waals surface area (Å²) in [7, 11) is 0. The minimum absolute atomic E-state index is 0.155. The fourth-order valence-electron chi connectivity index (χ4n) is 2.17. The Morgan fingerprint density at radius 1 is 1.24 bits per heavy atom. The summed E-state index contributed by atoms with van der Waals surface area (Å²) >= 11 is 0. The first-order valence-corrected chi connectivity index (χ1v) is 5.78. The standard InChI is InChI=1S/C13H12BN3/c15-9-12(13-3-1-2-8-17-13)11-4-6-14(10-16)7-5-11/h1-3,8H,4-7H2. The van der Waals surface area contributed by atoms with Crippen molar-refractivity contribution >= 4 is 12.3 Å². The van der Waals surface area contributed by atoms with Crippen molar-refractivity contribution in [1.29, 1.82) is 10.5 Å². The highest BCUT2D eigenvalue weighted by Gasteiger charge is 2.22. The predicted octanol–water partition coefficient (Wildman–Crippen LogP) is 2.71. The van der Waals surface area contributed by atoms with Crippen molar-refractivity contribution in [2.45, 2.75) is 25.5 Å². The molecule has 1 aromatic rings. The van der Waals surface area contributed by atoms with Crippen LogP contribution in [0, 0.1) is 22.6 Å². The van der Waals surface area contributed by atoms with Crippen molar-refractivity contribution < 1.29 is 0 Å². The normalized spacial score (nSPS) is 14.9. The summed E-state index contributed by atoms with van der Waals surface area (Å²) in [5, 5.41) is 18.1. The SMILES string of the molecule is N#CB1CCC(=C(C#N)c2ccccn2)CC1. The number of pyridine rings is 1. The zero-order valence-electron chi connectivity index (χ0n) is 9.56. The number of hydrogen-bond acceptors (Lipinski definition) is 3. The van der Waals surface area contributed by atoms with Crippen LogP contribution in [0.5, 0.6) is 0 Å². The molecule has 17 heavy (non-hydrogen) atoms. The van der Waals surface area contributed by atoms with Gasteiger partial charge in [-0.2, -0.15) is 5.26 Å². The third-order valence-electron chi connectivity index (χ3n) is 3.16. The molecule has 0 N–H and O–H groups in total. The molecule has 2 rings (SSSR count). The first-order valence-electron chi connectivity index (χ1n) is 5.78. The summed E-state index contributed by atoms with van der Waals surface area (Å²) in [4.78, 5) is 4.22. The van der Waals surface area contributed by atoms with E-state index in [9.17, 15) is 5.26 Å². The Balaban J connectivity index is 2.26. The highest BCUT2D eigenvalue weighted by molar-refractivity contribution is 6.67. The maximum atomic E-state index is 9.24. The molecule has 4 heteroatoms. The van der Waals surface area contributed by atoms with Crippen molar-refractivity contribution in [2.24, 2.45) is 0 Å². The molecule has 1 saturated heterocycles. The molecule has 0 unspecified atom stereocenters. The van der Waals surface area contributed by atoms with Gasteiger partial charge in [-0.3, -0.25) is 4.98 Å². The molecular weight excluding hydrogens is 209 g/mol. The maximum Gasteiger partial charge on any atom is 0.268 e. The minimum atomic E-state index is 0.155. The lowest BCUT2D eigenvalue weighted by Crippen LogP contribution is -2.15. The second-order valence-corrected chi connectivity index (χ2v) is 4.21. The zero-order chi connectivity index (χ0) is 12.1. The maximum absolute atomic E-state index is 9.24. The van der Waals surface area contributed by atoms with Gasteiger partial charge in [0.25, 0.3) is 6.71 Å². The first kappa shape index (κ1) is 11.4. The van der Waals surface area contributed by atoms with Crippen molar-refractivity contribution in [1.82, 2.24) is 4.98 Å². The summed E-state index contributed by atoms with van der Waals surface area (Å²) in [6.07, 6.45) is 5.12. The molecule has 1 aliphatic heterocycles. The zero-order valence-corrected chi connectivity index (χ0v) is 9.56. The fourth-order valence-corrected chi connectivity index (χ4v) is 2.17. The number of rotatable bonds is 1. The summed E-state index contributed by atoms with van der Waals surface area (Å²) in [6, 6.07) is 7.85. The lowest BCUT2D eigenvalue weighted by molar-refractivity contribution is 0.915. The van der Waals surface area contributed by atoms with E-state index in [4.69, 9.17) is 5.26 Å². The predicted molar refractivity (Wildman–Crippen MR) is 67.0 cm³/mol. The van der Waals surface area contributed by atoms with Crippen LogP contribution in [-0.2, 0) is 0 Å². The van der Waals surface area contributed by atoms with Gasteiger partial charge in [-0.05, 0) is 25.0 Å². The van der Waals surface area contributed by atoms with Gasteiger partial charge in [0.2, 0.25) is 0 Å². The van der Waals surface area contributed by atoms with E-state index in [2.05, 4.69) is 17.0 Å². The van der Waals surface area contributed by atoms with Crippen LogP contribution in [0.3, 0.4) is 0 Å². The van der Waals surface area contributed by atoms with Crippen LogP contribution in [-0.4, -0.2) is 11.7 Å². The molecule has 0 atom stereocenters. The molecule has 3 nitrogen and oxygen atoms in total. The Bertz CT molecular complexity index is 498. The van der Waals surface area contributed by atoms with Gasteiger partial charge in [0, 0.05) is 12.2 Å². The molecule has 0 amide bonds. The van der Waals surface area contributed by atoms with Gasteiger partial charge in [-0.15, -0.1) is 0 Å². The van der Waals surface area contributed by atoms with Gasteiger partial charge in [0.05, 0.1) is 11.3 Å². The summed E-state index contributed by atoms with van der Waals surface area (Å²) in [5.74, 6) is 2.30. The molecule has 0 radical (unpaired) electrons. The topological polar surface area (TPSA) is 60.5 Å². The largest absolute Gasteiger partial charge is 0.268 e. The van der Waals surface area contributed by atoms with Crippen LogP contribution >= 0.6 is 0 Å². The van der Waals surface area contributed by atoms with Crippen LogP contribution in [0.25, 0.3) is 5.57 Å². The molecule has 82 valence electrons. The molecule has 0 bridgehead atoms. The summed E-state index contributed by atoms with van der Waals surface area (Å²) in [6.45, 7) is 0.155. The van der Waals surface area contributed by atoms with Gasteiger partial charge in [-0.25, -0.2) is 5.26 Å². The van der Waals surface area contributed by atoms with Crippen molar-refractivity contribution in [2.75, 3.05) is 0 Å². The number of allylic oxidation sites excluding steroid dienone is 2. The van der Waals surface area contributed by atoms with E-state index in [0.29, 0.717) is 5.57 Å². The molecule has 2 heterocycles. The average Bonchev–Trinajstić information content (AvgIpc) is 2.42. The van der Waals surface area contributed by atoms with Crippen molar-refractivity contribution in [3.8, 4) is 12.0 Å². The third-order valence-corrected chi connectivity index (χ3v) is 3.16. The van der Waals surface area contributed by atoms with E-state index < -0.39 is 0 Å². The molecule has 0 aliphatic carbocycles. The molecule has 0 saturated carbocycles. The minimum Gasteiger partial charge on any atom is -0.256 e. The molecule has 1 aromatic heterocycles. The fraction of sp³-hybridized carbons (Fsp3) is 0.308. The number of hydrogen-bond donors (Lipinski definition) is 0. The van der Waals surface area contributed by atoms with Gasteiger partial charge in [0.15, 0.2) is 0 Å². The Morgan fingerprint density at radius 3 is 2.53 bits per heavy atom. The van der Waals surface area contributed by atoms with E-state index in [-0.39, 0.29) is 6.71 Å². The highest BCUT2D eigenvalue weighted by atomic mass is 14.7. The third kappa shape index (κ3) is 2.54. The molecule has 0 spiro atoms. The summed E-state index contributed by atoms with van der Waals surface area (Å²) < 4.78 is 0. The lowest BCUT2D eigenvalue weighted by Gasteiger charge is -2.17. The second-order valence-electron chi connectivity index (χ2n) is 4.21. The first-order chi connectivity index (χ1) is 8.35. The Kier molecular flexibility index (Phi) is 3.57. The number of nitrogens with zero attached hydrogens (tertiary/aromatic N) is 3. The Hall–Kier alpha value is -2.07. The highest BCUT2D eigenvalue weighted by Crippen LogP contribution is 2.30. The second kappa shape index (κ2) is 5.32. The lowest BCUT2D eigenvalue weighted by atomic mass is 9.42. The van der Waals surface area contributed by atoms with Crippen LogP contribution in [0.1, 0.15) is 18.5 Å². The van der Waals surface area contributed by atoms with E-state index >= 15 is 0 Å². The number of nitriles is 2. The quantitative estimate of drug-likeness (QED) is 0.541. The average molecular weight is 221 g/mol. The van der Waals surface area contributed by atoms with E-state index in [1.54, 1.807) is 6.20 Å². The van der Waals surface area contributed by atoms with Gasteiger partial charge >= 0.3 is 0 Å². The van der Waals surface area contributed by atoms with Gasteiger partial charge in [-0.1, -0.05) is 24.3 Å². The van der Waals surface area contributed by atoms with Gasteiger partial charge < -0.3 is 0 Å². The molecular formula is C13H12BN3. The van der Waals surface area contributed by atoms with E-state index in [0.717, 1.165) is 36.7 Å². The van der Waals surface area contributed by atoms with Crippen LogP contribution < -0.4 is 0 Å². The van der Waals surface area contributed by atoms with Crippen molar-refractivity contribution in [3.05, 3.63) is 35.7 Å². The smallest absolute Gasteiger partial charge is 0.256 e. The number of aromatic nitrogens is 1. The van der Waals surface area contributed by atoms with Gasteiger partial charge in [0.1, 0.15) is 6.07 Å². The molecule has 1 fully saturated rings. The Morgan fingerprint density at radius 2 is 2.00 bits per heavy atom. The van der Waals surface area contributed by atoms with Crippen LogP contribution in [0.15, 0.2) is 30.0 Å². The van der Waals surface area contributed by atoms with Crippen LogP contribution in [0.4, 0.5) is 0 Å². The van der Waals surface area contributed by atoms with E-state index in [1.807, 2.05) is 18.2 Å². The Labute approximate surface area is 101 Å². The molecule has 0 aromatic carbocycles.